The summed E-state index contributed by atoms with van der Waals surface area (Å²) < 4.78 is 0. The van der Waals surface area contributed by atoms with Crippen LogP contribution in [0.1, 0.15) is 46.0 Å². The molecule has 2 heterocycles. The van der Waals surface area contributed by atoms with Crippen molar-refractivity contribution in [3.63, 3.8) is 0 Å². The minimum absolute atomic E-state index is 0.238. The first-order valence-corrected chi connectivity index (χ1v) is 9.58. The van der Waals surface area contributed by atoms with Crippen molar-refractivity contribution in [1.29, 1.82) is 0 Å². The Bertz CT molecular complexity index is 594. The number of hydrogen-bond donors (Lipinski definition) is 3. The Morgan fingerprint density at radius 1 is 1.07 bits per heavy atom. The van der Waals surface area contributed by atoms with Gasteiger partial charge in [-0.2, -0.15) is 0 Å². The molecule has 2 fully saturated rings. The highest BCUT2D eigenvalue weighted by atomic mass is 16.4. The lowest BCUT2D eigenvalue weighted by Crippen LogP contribution is -2.53. The number of likely N-dealkylation sites (tertiary alicyclic amines) is 2. The van der Waals surface area contributed by atoms with Gasteiger partial charge in [-0.3, -0.25) is 14.4 Å². The van der Waals surface area contributed by atoms with Crippen LogP contribution in [0.3, 0.4) is 0 Å². The molecule has 3 atom stereocenters. The second-order valence-corrected chi connectivity index (χ2v) is 7.73. The van der Waals surface area contributed by atoms with E-state index in [4.69, 9.17) is 10.8 Å². The molecule has 2 saturated heterocycles. The number of carbonyl (C=O) groups excluding carboxylic acids is 3. The molecule has 4 N–H and O–H groups in total. The van der Waals surface area contributed by atoms with E-state index >= 15 is 0 Å². The molecule has 0 bridgehead atoms. The third kappa shape index (κ3) is 5.18. The van der Waals surface area contributed by atoms with Crippen LogP contribution in [0.2, 0.25) is 0 Å². The maximum atomic E-state index is 12.5. The Kier molecular flexibility index (Phi) is 7.18. The maximum absolute atomic E-state index is 12.5. The molecular formula is C18H30N4O5. The average Bonchev–Trinajstić information content (AvgIpc) is 3.26. The summed E-state index contributed by atoms with van der Waals surface area (Å²) in [6.07, 6.45) is 2.84. The molecule has 0 aromatic carbocycles. The molecule has 2 aliphatic heterocycles. The minimum atomic E-state index is -1.03. The highest BCUT2D eigenvalue weighted by molar-refractivity contribution is 5.93. The third-order valence-electron chi connectivity index (χ3n) is 5.15. The molecule has 2 aliphatic rings. The van der Waals surface area contributed by atoms with Crippen molar-refractivity contribution in [1.82, 2.24) is 15.1 Å². The van der Waals surface area contributed by atoms with E-state index in [1.54, 1.807) is 0 Å². The standard InChI is InChI=1S/C18H30N4O5/c1-11(2)9-12(19)17(25)22-8-3-5-13(22)16(24)20-10-15(23)21-7-4-6-14(21)18(26)27/h11-14H,3-10,19H2,1-2H3,(H,20,24)(H,26,27)/t12-,13-,14-/m0/s1. The fourth-order valence-electron chi connectivity index (χ4n) is 3.83. The van der Waals surface area contributed by atoms with Crippen LogP contribution in [0.15, 0.2) is 0 Å². The molecule has 0 aliphatic carbocycles. The molecule has 0 spiro atoms. The zero-order valence-corrected chi connectivity index (χ0v) is 16.0. The van der Waals surface area contributed by atoms with Gasteiger partial charge in [0.2, 0.25) is 17.7 Å². The van der Waals surface area contributed by atoms with E-state index < -0.39 is 35.9 Å². The monoisotopic (exact) mass is 382 g/mol. The van der Waals surface area contributed by atoms with Gasteiger partial charge in [-0.05, 0) is 38.0 Å². The Balaban J connectivity index is 1.90. The maximum Gasteiger partial charge on any atom is 0.326 e. The third-order valence-corrected chi connectivity index (χ3v) is 5.15. The van der Waals surface area contributed by atoms with E-state index in [1.165, 1.54) is 9.80 Å². The van der Waals surface area contributed by atoms with Gasteiger partial charge in [-0.1, -0.05) is 13.8 Å². The normalized spacial score (nSPS) is 23.6. The quantitative estimate of drug-likeness (QED) is 0.546. The number of aliphatic carboxylic acids is 1. The lowest BCUT2D eigenvalue weighted by Gasteiger charge is -2.27. The Hall–Kier alpha value is -2.16. The first-order valence-electron chi connectivity index (χ1n) is 9.58. The van der Waals surface area contributed by atoms with Crippen LogP contribution in [0.4, 0.5) is 0 Å². The molecule has 2 rings (SSSR count). The van der Waals surface area contributed by atoms with E-state index in [0.717, 1.165) is 0 Å². The Morgan fingerprint density at radius 2 is 1.67 bits per heavy atom. The molecular weight excluding hydrogens is 352 g/mol. The lowest BCUT2D eigenvalue weighted by molar-refractivity contribution is -0.148. The van der Waals surface area contributed by atoms with E-state index in [0.29, 0.717) is 45.2 Å². The van der Waals surface area contributed by atoms with Crippen molar-refractivity contribution in [2.45, 2.75) is 64.1 Å². The van der Waals surface area contributed by atoms with Crippen molar-refractivity contribution in [2.24, 2.45) is 11.7 Å². The van der Waals surface area contributed by atoms with Crippen LogP contribution >= 0.6 is 0 Å². The highest BCUT2D eigenvalue weighted by Gasteiger charge is 2.37. The van der Waals surface area contributed by atoms with Crippen LogP contribution in [0, 0.1) is 5.92 Å². The van der Waals surface area contributed by atoms with Crippen LogP contribution in [0.5, 0.6) is 0 Å². The predicted octanol–water partition coefficient (Wildman–Crippen LogP) is -0.457. The van der Waals surface area contributed by atoms with Crippen molar-refractivity contribution >= 4 is 23.7 Å². The van der Waals surface area contributed by atoms with Crippen molar-refractivity contribution in [3.8, 4) is 0 Å². The first kappa shape index (κ1) is 21.1. The zero-order valence-electron chi connectivity index (χ0n) is 16.0. The van der Waals surface area contributed by atoms with Gasteiger partial charge in [-0.25, -0.2) is 4.79 Å². The van der Waals surface area contributed by atoms with Crippen molar-refractivity contribution in [3.05, 3.63) is 0 Å². The number of amides is 3. The molecule has 9 nitrogen and oxygen atoms in total. The van der Waals surface area contributed by atoms with E-state index in [1.807, 2.05) is 13.8 Å². The first-order chi connectivity index (χ1) is 12.7. The van der Waals surface area contributed by atoms with E-state index in [-0.39, 0.29) is 18.4 Å². The summed E-state index contributed by atoms with van der Waals surface area (Å²) in [5, 5.41) is 11.7. The Labute approximate surface area is 159 Å². The number of rotatable bonds is 7. The van der Waals surface area contributed by atoms with Crippen LogP contribution in [0.25, 0.3) is 0 Å². The van der Waals surface area contributed by atoms with Crippen molar-refractivity contribution in [2.75, 3.05) is 19.6 Å². The predicted molar refractivity (Wildman–Crippen MR) is 97.5 cm³/mol. The highest BCUT2D eigenvalue weighted by Crippen LogP contribution is 2.20. The largest absolute Gasteiger partial charge is 0.480 e. The smallest absolute Gasteiger partial charge is 0.326 e. The summed E-state index contributed by atoms with van der Waals surface area (Å²) in [4.78, 5) is 51.3. The van der Waals surface area contributed by atoms with Crippen molar-refractivity contribution < 1.29 is 24.3 Å². The molecule has 27 heavy (non-hydrogen) atoms. The summed E-state index contributed by atoms with van der Waals surface area (Å²) in [6, 6.07) is -2.09. The van der Waals surface area contributed by atoms with Gasteiger partial charge in [0.1, 0.15) is 12.1 Å². The molecule has 9 heteroatoms. The number of nitrogens with two attached hydrogens (primary N) is 1. The van der Waals surface area contributed by atoms with Gasteiger partial charge in [-0.15, -0.1) is 0 Å². The van der Waals surface area contributed by atoms with Crippen LogP contribution in [-0.2, 0) is 19.2 Å². The second-order valence-electron chi connectivity index (χ2n) is 7.73. The SMILES string of the molecule is CC(C)C[C@H](N)C(=O)N1CCC[C@H]1C(=O)NCC(=O)N1CCC[C@H]1C(=O)O. The number of carboxylic acids is 1. The molecule has 152 valence electrons. The summed E-state index contributed by atoms with van der Waals surface area (Å²) in [5.74, 6) is -1.80. The average molecular weight is 382 g/mol. The molecule has 0 aromatic heterocycles. The van der Waals surface area contributed by atoms with E-state index in [9.17, 15) is 19.2 Å². The van der Waals surface area contributed by atoms with E-state index in [2.05, 4.69) is 5.32 Å². The number of nitrogens with one attached hydrogen (secondary N) is 1. The summed E-state index contributed by atoms with van der Waals surface area (Å²) in [5.41, 5.74) is 5.97. The van der Waals surface area contributed by atoms with Gasteiger partial charge < -0.3 is 26.0 Å². The fourth-order valence-corrected chi connectivity index (χ4v) is 3.83. The summed E-state index contributed by atoms with van der Waals surface area (Å²) in [7, 11) is 0. The summed E-state index contributed by atoms with van der Waals surface area (Å²) in [6.45, 7) is 4.55. The molecule has 0 unspecified atom stereocenters. The topological polar surface area (TPSA) is 133 Å². The van der Waals surface area contributed by atoms with Crippen LogP contribution < -0.4 is 11.1 Å². The van der Waals surface area contributed by atoms with Gasteiger partial charge in [0, 0.05) is 13.1 Å². The van der Waals surface area contributed by atoms with Crippen LogP contribution in [-0.4, -0.2) is 76.4 Å². The minimum Gasteiger partial charge on any atom is -0.480 e. The summed E-state index contributed by atoms with van der Waals surface area (Å²) >= 11 is 0. The Morgan fingerprint density at radius 3 is 2.26 bits per heavy atom. The fraction of sp³-hybridized carbons (Fsp3) is 0.778. The van der Waals surface area contributed by atoms with Gasteiger partial charge in [0.05, 0.1) is 12.6 Å². The number of hydrogen-bond acceptors (Lipinski definition) is 5. The number of carbonyl (C=O) groups is 4. The van der Waals surface area contributed by atoms with Gasteiger partial charge in [0.15, 0.2) is 0 Å². The zero-order chi connectivity index (χ0) is 20.1. The molecule has 0 saturated carbocycles. The molecule has 3 amide bonds. The lowest BCUT2D eigenvalue weighted by atomic mass is 10.0. The van der Waals surface area contributed by atoms with Gasteiger partial charge >= 0.3 is 5.97 Å². The number of carboxylic acid groups (broad SMARTS) is 1. The van der Waals surface area contributed by atoms with Gasteiger partial charge in [0.25, 0.3) is 0 Å². The molecule has 0 aromatic rings. The molecule has 0 radical (unpaired) electrons. The number of nitrogens with zero attached hydrogens (tertiary/aromatic N) is 2. The second kappa shape index (κ2) is 9.16.